The van der Waals surface area contributed by atoms with Crippen LogP contribution in [0.1, 0.15) is 30.7 Å². The van der Waals surface area contributed by atoms with Crippen LogP contribution >= 0.6 is 27.3 Å². The maximum atomic E-state index is 5.70. The van der Waals surface area contributed by atoms with Crippen LogP contribution in [-0.2, 0) is 4.74 Å². The van der Waals surface area contributed by atoms with E-state index in [1.807, 2.05) is 6.07 Å². The van der Waals surface area contributed by atoms with Gasteiger partial charge in [0.1, 0.15) is 6.10 Å². The maximum absolute atomic E-state index is 5.70. The number of ether oxygens (including phenoxy) is 1. The lowest BCUT2D eigenvalue weighted by atomic mass is 10.3. The van der Waals surface area contributed by atoms with Gasteiger partial charge in [-0.25, -0.2) is 0 Å². The normalized spacial score (nSPS) is 13.1. The van der Waals surface area contributed by atoms with Gasteiger partial charge in [0, 0.05) is 18.0 Å². The molecule has 1 heterocycles. The van der Waals surface area contributed by atoms with E-state index in [1.54, 1.807) is 11.3 Å². The Labute approximate surface area is 97.6 Å². The van der Waals surface area contributed by atoms with Crippen molar-refractivity contribution in [1.82, 2.24) is 0 Å². The smallest absolute Gasteiger partial charge is 0.104 e. The number of unbranched alkanes of at least 4 members (excludes halogenated alkanes) is 1. The largest absolute Gasteiger partial charge is 0.371 e. The molecule has 0 radical (unpaired) electrons. The summed E-state index contributed by atoms with van der Waals surface area (Å²) < 4.78 is 6.83. The minimum Gasteiger partial charge on any atom is -0.371 e. The van der Waals surface area contributed by atoms with Crippen LogP contribution in [-0.4, -0.2) is 13.2 Å². The highest BCUT2D eigenvalue weighted by Crippen LogP contribution is 2.28. The van der Waals surface area contributed by atoms with Crippen LogP contribution in [0.4, 0.5) is 0 Å². The van der Waals surface area contributed by atoms with Gasteiger partial charge in [-0.1, -0.05) is 13.3 Å². The van der Waals surface area contributed by atoms with Gasteiger partial charge in [0.2, 0.25) is 0 Å². The first-order valence-corrected chi connectivity index (χ1v) is 6.45. The zero-order chi connectivity index (χ0) is 10.4. The number of hydrogen-bond acceptors (Lipinski definition) is 3. The maximum Gasteiger partial charge on any atom is 0.104 e. The minimum absolute atomic E-state index is 0.0675. The summed E-state index contributed by atoms with van der Waals surface area (Å²) in [6, 6.07) is 4.10. The molecule has 80 valence electrons. The van der Waals surface area contributed by atoms with Crippen LogP contribution < -0.4 is 5.73 Å². The number of halogens is 1. The first-order chi connectivity index (χ1) is 6.77. The predicted octanol–water partition coefficient (Wildman–Crippen LogP) is 3.33. The summed E-state index contributed by atoms with van der Waals surface area (Å²) in [7, 11) is 0. The lowest BCUT2D eigenvalue weighted by Crippen LogP contribution is -2.15. The number of hydrogen-bond donors (Lipinski definition) is 1. The summed E-state index contributed by atoms with van der Waals surface area (Å²) in [5, 5.41) is 0. The molecule has 0 aromatic carbocycles. The average molecular weight is 278 g/mol. The highest BCUT2D eigenvalue weighted by Gasteiger charge is 2.11. The fourth-order valence-electron chi connectivity index (χ4n) is 1.14. The Balaban J connectivity index is 2.45. The van der Waals surface area contributed by atoms with E-state index in [2.05, 4.69) is 28.9 Å². The molecule has 0 saturated carbocycles. The molecule has 1 aromatic rings. The Morgan fingerprint density at radius 3 is 2.86 bits per heavy atom. The molecule has 0 aliphatic carbocycles. The first kappa shape index (κ1) is 12.2. The Morgan fingerprint density at radius 2 is 2.36 bits per heavy atom. The molecule has 4 heteroatoms. The highest BCUT2D eigenvalue weighted by molar-refractivity contribution is 9.11. The second kappa shape index (κ2) is 6.56. The molecule has 1 atom stereocenters. The first-order valence-electron chi connectivity index (χ1n) is 4.84. The summed E-state index contributed by atoms with van der Waals surface area (Å²) in [6.07, 6.45) is 2.33. The molecule has 0 fully saturated rings. The lowest BCUT2D eigenvalue weighted by Gasteiger charge is -2.13. The van der Waals surface area contributed by atoms with Crippen LogP contribution in [0.5, 0.6) is 0 Å². The van der Waals surface area contributed by atoms with Gasteiger partial charge < -0.3 is 10.5 Å². The summed E-state index contributed by atoms with van der Waals surface area (Å²) in [5.74, 6) is 0. The van der Waals surface area contributed by atoms with Crippen molar-refractivity contribution in [3.8, 4) is 0 Å². The summed E-state index contributed by atoms with van der Waals surface area (Å²) in [4.78, 5) is 1.20. The molecule has 14 heavy (non-hydrogen) atoms. The molecule has 0 spiro atoms. The van der Waals surface area contributed by atoms with E-state index in [9.17, 15) is 0 Å². The van der Waals surface area contributed by atoms with Gasteiger partial charge in [0.15, 0.2) is 0 Å². The predicted molar refractivity (Wildman–Crippen MR) is 64.7 cm³/mol. The van der Waals surface area contributed by atoms with Crippen LogP contribution in [0.3, 0.4) is 0 Å². The van der Waals surface area contributed by atoms with Crippen molar-refractivity contribution in [1.29, 1.82) is 0 Å². The van der Waals surface area contributed by atoms with Crippen molar-refractivity contribution in [2.75, 3.05) is 13.2 Å². The molecule has 2 nitrogen and oxygen atoms in total. The molecule has 0 saturated heterocycles. The molecule has 2 N–H and O–H groups in total. The average Bonchev–Trinajstić information content (AvgIpc) is 2.60. The van der Waals surface area contributed by atoms with Gasteiger partial charge in [-0.15, -0.1) is 11.3 Å². The van der Waals surface area contributed by atoms with Crippen molar-refractivity contribution in [3.63, 3.8) is 0 Å². The van der Waals surface area contributed by atoms with E-state index >= 15 is 0 Å². The van der Waals surface area contributed by atoms with E-state index in [1.165, 1.54) is 4.88 Å². The number of thiophene rings is 1. The van der Waals surface area contributed by atoms with Crippen LogP contribution in [0.25, 0.3) is 0 Å². The van der Waals surface area contributed by atoms with Crippen molar-refractivity contribution in [3.05, 3.63) is 20.8 Å². The third kappa shape index (κ3) is 3.69. The van der Waals surface area contributed by atoms with Gasteiger partial charge in [0.25, 0.3) is 0 Å². The number of rotatable bonds is 6. The molecule has 0 amide bonds. The molecule has 0 bridgehead atoms. The van der Waals surface area contributed by atoms with Crippen molar-refractivity contribution in [2.24, 2.45) is 5.73 Å². The van der Waals surface area contributed by atoms with Crippen molar-refractivity contribution < 1.29 is 4.74 Å². The minimum atomic E-state index is 0.0675. The Morgan fingerprint density at radius 1 is 1.57 bits per heavy atom. The van der Waals surface area contributed by atoms with Gasteiger partial charge in [-0.3, -0.25) is 0 Å². The third-order valence-corrected chi connectivity index (χ3v) is 3.66. The van der Waals surface area contributed by atoms with Gasteiger partial charge >= 0.3 is 0 Å². The molecular formula is C10H16BrNOS. The topological polar surface area (TPSA) is 35.2 Å². The SMILES string of the molecule is CCCCOC(CN)c1ccc(Br)s1. The zero-order valence-electron chi connectivity index (χ0n) is 8.33. The van der Waals surface area contributed by atoms with Crippen LogP contribution in [0.2, 0.25) is 0 Å². The van der Waals surface area contributed by atoms with Crippen molar-refractivity contribution >= 4 is 27.3 Å². The molecule has 0 aliphatic rings. The lowest BCUT2D eigenvalue weighted by molar-refractivity contribution is 0.0590. The second-order valence-corrected chi connectivity index (χ2v) is 5.59. The van der Waals surface area contributed by atoms with E-state index in [-0.39, 0.29) is 6.10 Å². The zero-order valence-corrected chi connectivity index (χ0v) is 10.7. The molecule has 1 aromatic heterocycles. The Kier molecular flexibility index (Phi) is 5.70. The quantitative estimate of drug-likeness (QED) is 0.810. The van der Waals surface area contributed by atoms with E-state index < -0.39 is 0 Å². The van der Waals surface area contributed by atoms with Gasteiger partial charge in [-0.05, 0) is 34.5 Å². The molecule has 1 unspecified atom stereocenters. The molecule has 0 aliphatic heterocycles. The molecule has 1 rings (SSSR count). The third-order valence-electron chi connectivity index (χ3n) is 1.94. The van der Waals surface area contributed by atoms with Gasteiger partial charge in [-0.2, -0.15) is 0 Å². The van der Waals surface area contributed by atoms with E-state index in [4.69, 9.17) is 10.5 Å². The van der Waals surface area contributed by atoms with E-state index in [0.29, 0.717) is 6.54 Å². The molecular weight excluding hydrogens is 262 g/mol. The van der Waals surface area contributed by atoms with Crippen molar-refractivity contribution in [2.45, 2.75) is 25.9 Å². The summed E-state index contributed by atoms with van der Waals surface area (Å²) in [6.45, 7) is 3.51. The van der Waals surface area contributed by atoms with Crippen LogP contribution in [0, 0.1) is 0 Å². The fraction of sp³-hybridized carbons (Fsp3) is 0.600. The number of nitrogens with two attached hydrogens (primary N) is 1. The monoisotopic (exact) mass is 277 g/mol. The summed E-state index contributed by atoms with van der Waals surface area (Å²) in [5.41, 5.74) is 5.66. The highest BCUT2D eigenvalue weighted by atomic mass is 79.9. The standard InChI is InChI=1S/C10H16BrNOS/c1-2-3-6-13-8(7-12)9-4-5-10(11)14-9/h4-5,8H,2-3,6-7,12H2,1H3. The van der Waals surface area contributed by atoms with E-state index in [0.717, 1.165) is 23.2 Å². The summed E-state index contributed by atoms with van der Waals surface area (Å²) >= 11 is 5.12. The van der Waals surface area contributed by atoms with Gasteiger partial charge in [0.05, 0.1) is 3.79 Å². The second-order valence-electron chi connectivity index (χ2n) is 3.09. The fourth-order valence-corrected chi connectivity index (χ4v) is 2.62. The Hall–Kier alpha value is 0.1000. The Bertz CT molecular complexity index is 264. The van der Waals surface area contributed by atoms with Crippen LogP contribution in [0.15, 0.2) is 15.9 Å².